The fourth-order valence-corrected chi connectivity index (χ4v) is 4.35. The van der Waals surface area contributed by atoms with Crippen LogP contribution in [0.15, 0.2) is 0 Å². The van der Waals surface area contributed by atoms with E-state index in [1.54, 1.807) is 11.3 Å². The van der Waals surface area contributed by atoms with E-state index < -0.39 is 0 Å². The van der Waals surface area contributed by atoms with Crippen LogP contribution >= 0.6 is 23.6 Å². The van der Waals surface area contributed by atoms with Crippen LogP contribution in [0.2, 0.25) is 0 Å². The number of amides is 1. The highest BCUT2D eigenvalue weighted by molar-refractivity contribution is 7.80. The van der Waals surface area contributed by atoms with Crippen LogP contribution in [0.4, 0.5) is 5.00 Å². The number of fused-ring (bicyclic) bond motifs is 1. The van der Waals surface area contributed by atoms with Crippen LogP contribution in [-0.4, -0.2) is 11.0 Å². The zero-order chi connectivity index (χ0) is 16.7. The highest BCUT2D eigenvalue weighted by atomic mass is 32.1. The van der Waals surface area contributed by atoms with Crippen LogP contribution in [-0.2, 0) is 17.6 Å². The number of unbranched alkanes of at least 4 members (excludes halogenated alkanes) is 4. The van der Waals surface area contributed by atoms with Crippen LogP contribution in [0.3, 0.4) is 0 Å². The summed E-state index contributed by atoms with van der Waals surface area (Å²) in [6.45, 7) is 2.17. The van der Waals surface area contributed by atoms with Gasteiger partial charge in [-0.05, 0) is 43.5 Å². The molecular weight excluding hydrogens is 326 g/mol. The number of nitrogens with one attached hydrogen (secondary N) is 2. The van der Waals surface area contributed by atoms with Gasteiger partial charge in [0.2, 0.25) is 5.91 Å². The molecule has 2 N–H and O–H groups in total. The van der Waals surface area contributed by atoms with Gasteiger partial charge in [-0.3, -0.25) is 4.79 Å². The molecule has 0 saturated heterocycles. The van der Waals surface area contributed by atoms with Gasteiger partial charge >= 0.3 is 0 Å². The molecule has 0 bridgehead atoms. The Bertz CT molecular complexity index is 616. The first-order chi connectivity index (χ1) is 11.2. The molecule has 0 atom stereocenters. The number of nitrogens with zero attached hydrogens (tertiary/aromatic N) is 1. The quantitative estimate of drug-likeness (QED) is 0.569. The molecule has 4 nitrogen and oxygen atoms in total. The van der Waals surface area contributed by atoms with Crippen molar-refractivity contribution in [3.05, 3.63) is 16.0 Å². The van der Waals surface area contributed by atoms with Gasteiger partial charge in [-0.25, -0.2) is 0 Å². The first-order valence-corrected chi connectivity index (χ1v) is 9.53. The van der Waals surface area contributed by atoms with Gasteiger partial charge in [-0.1, -0.05) is 32.6 Å². The Morgan fingerprint density at radius 1 is 1.30 bits per heavy atom. The Labute approximate surface area is 147 Å². The van der Waals surface area contributed by atoms with Crippen molar-refractivity contribution >= 4 is 39.6 Å². The van der Waals surface area contributed by atoms with Gasteiger partial charge in [-0.2, -0.15) is 5.26 Å². The summed E-state index contributed by atoms with van der Waals surface area (Å²) in [5, 5.41) is 16.1. The van der Waals surface area contributed by atoms with E-state index in [1.807, 2.05) is 0 Å². The van der Waals surface area contributed by atoms with Gasteiger partial charge in [0.05, 0.1) is 5.56 Å². The van der Waals surface area contributed by atoms with Crippen molar-refractivity contribution in [2.24, 2.45) is 0 Å². The van der Waals surface area contributed by atoms with Crippen molar-refractivity contribution < 1.29 is 4.79 Å². The number of carbonyl (C=O) groups excluding carboxylic acids is 1. The van der Waals surface area contributed by atoms with E-state index in [-0.39, 0.29) is 5.91 Å². The number of carbonyl (C=O) groups is 1. The lowest BCUT2D eigenvalue weighted by Crippen LogP contribution is -2.33. The second-order valence-corrected chi connectivity index (χ2v) is 7.35. The zero-order valence-electron chi connectivity index (χ0n) is 13.5. The Balaban J connectivity index is 1.79. The lowest BCUT2D eigenvalue weighted by molar-refractivity contribution is -0.119. The Hall–Kier alpha value is -1.45. The summed E-state index contributed by atoms with van der Waals surface area (Å²) in [7, 11) is 0. The van der Waals surface area contributed by atoms with Crippen molar-refractivity contribution in [3.8, 4) is 6.07 Å². The first kappa shape index (κ1) is 17.9. The number of hydrogen-bond donors (Lipinski definition) is 2. The van der Waals surface area contributed by atoms with Crippen molar-refractivity contribution in [1.29, 1.82) is 5.26 Å². The number of anilines is 1. The first-order valence-electron chi connectivity index (χ1n) is 8.31. The van der Waals surface area contributed by atoms with Crippen LogP contribution in [0.25, 0.3) is 0 Å². The van der Waals surface area contributed by atoms with Crippen LogP contribution in [0.5, 0.6) is 0 Å². The van der Waals surface area contributed by atoms with E-state index >= 15 is 0 Å². The molecule has 124 valence electrons. The molecule has 1 aliphatic carbocycles. The molecule has 1 aliphatic rings. The molecule has 1 amide bonds. The van der Waals surface area contributed by atoms with E-state index in [9.17, 15) is 10.1 Å². The largest absolute Gasteiger partial charge is 0.323 e. The average Bonchev–Trinajstić information content (AvgIpc) is 3.07. The molecule has 1 aromatic rings. The van der Waals surface area contributed by atoms with E-state index in [1.165, 1.54) is 24.1 Å². The average molecular weight is 350 g/mol. The van der Waals surface area contributed by atoms with Gasteiger partial charge in [0, 0.05) is 11.3 Å². The van der Waals surface area contributed by atoms with E-state index in [2.05, 4.69) is 23.6 Å². The van der Waals surface area contributed by atoms with E-state index in [0.717, 1.165) is 42.7 Å². The lowest BCUT2D eigenvalue weighted by atomic mass is 10.1. The minimum atomic E-state index is -0.0541. The molecule has 0 saturated carbocycles. The van der Waals surface area contributed by atoms with Crippen molar-refractivity contribution in [1.82, 2.24) is 5.32 Å². The summed E-state index contributed by atoms with van der Waals surface area (Å²) >= 11 is 6.78. The zero-order valence-corrected chi connectivity index (χ0v) is 15.2. The van der Waals surface area contributed by atoms with Crippen molar-refractivity contribution in [2.75, 3.05) is 5.32 Å². The molecule has 6 heteroatoms. The van der Waals surface area contributed by atoms with Crippen molar-refractivity contribution in [2.45, 2.75) is 64.7 Å². The van der Waals surface area contributed by atoms with E-state index in [0.29, 0.717) is 17.1 Å². The lowest BCUT2D eigenvalue weighted by Gasteiger charge is -2.08. The normalized spacial score (nSPS) is 12.5. The molecule has 0 fully saturated rings. The molecule has 1 heterocycles. The predicted octanol–water partition coefficient (Wildman–Crippen LogP) is 4.28. The molecule has 0 spiro atoms. The summed E-state index contributed by atoms with van der Waals surface area (Å²) < 4.78 is 0. The van der Waals surface area contributed by atoms with Crippen molar-refractivity contribution in [3.63, 3.8) is 0 Å². The van der Waals surface area contributed by atoms with Gasteiger partial charge in [0.15, 0.2) is 5.11 Å². The summed E-state index contributed by atoms with van der Waals surface area (Å²) in [5.74, 6) is -0.0541. The maximum atomic E-state index is 11.9. The summed E-state index contributed by atoms with van der Waals surface area (Å²) in [6, 6.07) is 2.26. The molecule has 0 aliphatic heterocycles. The Morgan fingerprint density at radius 3 is 2.83 bits per heavy atom. The van der Waals surface area contributed by atoms with Gasteiger partial charge in [0.25, 0.3) is 0 Å². The second kappa shape index (κ2) is 8.99. The third kappa shape index (κ3) is 5.02. The number of thiocarbonyl (C=S) groups is 1. The topological polar surface area (TPSA) is 64.9 Å². The molecular formula is C17H23N3OS2. The molecule has 1 aromatic heterocycles. The maximum absolute atomic E-state index is 11.9. The molecule has 2 rings (SSSR count). The maximum Gasteiger partial charge on any atom is 0.226 e. The van der Waals surface area contributed by atoms with Crippen LogP contribution < -0.4 is 10.6 Å². The number of hydrogen-bond acceptors (Lipinski definition) is 4. The number of rotatable bonds is 7. The molecule has 0 unspecified atom stereocenters. The summed E-state index contributed by atoms with van der Waals surface area (Å²) in [5.41, 5.74) is 1.85. The number of aryl methyl sites for hydroxylation is 1. The monoisotopic (exact) mass is 349 g/mol. The third-order valence-electron chi connectivity index (χ3n) is 4.02. The fraction of sp³-hybridized carbons (Fsp3) is 0.588. The number of nitriles is 1. The van der Waals surface area contributed by atoms with Gasteiger partial charge < -0.3 is 10.6 Å². The SMILES string of the molecule is CCCCCCCC(=O)NC(=S)Nc1sc2c(c1C#N)CCC2. The minimum Gasteiger partial charge on any atom is -0.323 e. The smallest absolute Gasteiger partial charge is 0.226 e. The highest BCUT2D eigenvalue weighted by Gasteiger charge is 2.22. The Kier molecular flexibility index (Phi) is 7.00. The van der Waals surface area contributed by atoms with Gasteiger partial charge in [0.1, 0.15) is 11.1 Å². The second-order valence-electron chi connectivity index (χ2n) is 5.84. The summed E-state index contributed by atoms with van der Waals surface area (Å²) in [4.78, 5) is 13.1. The molecule has 0 radical (unpaired) electrons. The molecule has 23 heavy (non-hydrogen) atoms. The Morgan fingerprint density at radius 2 is 2.09 bits per heavy atom. The van der Waals surface area contributed by atoms with Gasteiger partial charge in [-0.15, -0.1) is 11.3 Å². The fourth-order valence-electron chi connectivity index (χ4n) is 2.82. The minimum absolute atomic E-state index is 0.0541. The third-order valence-corrected chi connectivity index (χ3v) is 5.43. The number of thiophene rings is 1. The van der Waals surface area contributed by atoms with E-state index in [4.69, 9.17) is 12.2 Å². The molecule has 0 aromatic carbocycles. The van der Waals surface area contributed by atoms with Crippen LogP contribution in [0, 0.1) is 11.3 Å². The van der Waals surface area contributed by atoms with Crippen LogP contribution in [0.1, 0.15) is 67.9 Å². The standard InChI is InChI=1S/C17H23N3OS2/c1-2-3-4-5-6-10-15(21)19-17(22)20-16-13(11-18)12-8-7-9-14(12)23-16/h2-10H2,1H3,(H2,19,20,21,22). The highest BCUT2D eigenvalue weighted by Crippen LogP contribution is 2.38. The predicted molar refractivity (Wildman–Crippen MR) is 98.8 cm³/mol. The summed E-state index contributed by atoms with van der Waals surface area (Å²) in [6.07, 6.45) is 9.20.